The van der Waals surface area contributed by atoms with E-state index in [0.717, 1.165) is 46.5 Å². The van der Waals surface area contributed by atoms with E-state index < -0.39 is 5.60 Å². The molecule has 3 N–H and O–H groups in total. The van der Waals surface area contributed by atoms with Crippen LogP contribution >= 0.6 is 11.8 Å². The van der Waals surface area contributed by atoms with E-state index in [9.17, 15) is 9.90 Å². The number of fused-ring (bicyclic) bond motifs is 1. The number of aromatic amines is 1. The van der Waals surface area contributed by atoms with Crippen LogP contribution in [0.5, 0.6) is 0 Å². The van der Waals surface area contributed by atoms with E-state index in [4.69, 9.17) is 0 Å². The number of carbonyl (C=O) groups excluding carboxylic acids is 1. The molecule has 0 unspecified atom stereocenters. The molecule has 0 atom stereocenters. The molecule has 5 heteroatoms. The van der Waals surface area contributed by atoms with Gasteiger partial charge in [-0.3, -0.25) is 4.79 Å². The van der Waals surface area contributed by atoms with Gasteiger partial charge in [0.25, 0.3) is 0 Å². The van der Waals surface area contributed by atoms with E-state index in [0.29, 0.717) is 13.0 Å². The number of benzene rings is 1. The van der Waals surface area contributed by atoms with E-state index in [1.165, 1.54) is 0 Å². The second kappa shape index (κ2) is 6.34. The molecule has 0 aliphatic carbocycles. The third kappa shape index (κ3) is 3.31. The van der Waals surface area contributed by atoms with Crippen LogP contribution in [-0.2, 0) is 11.2 Å². The van der Waals surface area contributed by atoms with Gasteiger partial charge in [0.2, 0.25) is 5.91 Å². The molecule has 22 heavy (non-hydrogen) atoms. The summed E-state index contributed by atoms with van der Waals surface area (Å²) >= 11 is 1.86. The Morgan fingerprint density at radius 3 is 2.86 bits per heavy atom. The van der Waals surface area contributed by atoms with Crippen LogP contribution in [-0.4, -0.2) is 39.6 Å². The summed E-state index contributed by atoms with van der Waals surface area (Å²) in [6.07, 6.45) is 1.86. The fraction of sp³-hybridized carbons (Fsp3) is 0.471. The lowest BCUT2D eigenvalue weighted by Crippen LogP contribution is -2.45. The number of H-pyrrole nitrogens is 1. The van der Waals surface area contributed by atoms with E-state index >= 15 is 0 Å². The summed E-state index contributed by atoms with van der Waals surface area (Å²) in [6.45, 7) is 2.35. The van der Waals surface area contributed by atoms with Crippen molar-refractivity contribution >= 4 is 28.6 Å². The van der Waals surface area contributed by atoms with Gasteiger partial charge < -0.3 is 15.4 Å². The van der Waals surface area contributed by atoms with Crippen molar-refractivity contribution in [2.24, 2.45) is 0 Å². The Morgan fingerprint density at radius 2 is 2.09 bits per heavy atom. The van der Waals surface area contributed by atoms with Gasteiger partial charge in [-0.2, -0.15) is 11.8 Å². The minimum absolute atomic E-state index is 0.0282. The summed E-state index contributed by atoms with van der Waals surface area (Å²) in [5.41, 5.74) is 2.41. The van der Waals surface area contributed by atoms with Crippen molar-refractivity contribution in [1.82, 2.24) is 10.3 Å². The van der Waals surface area contributed by atoms with Crippen molar-refractivity contribution in [2.45, 2.75) is 31.8 Å². The Hall–Kier alpha value is -1.46. The molecule has 0 spiro atoms. The van der Waals surface area contributed by atoms with Gasteiger partial charge in [0.1, 0.15) is 0 Å². The van der Waals surface area contributed by atoms with Gasteiger partial charge in [-0.15, -0.1) is 0 Å². The van der Waals surface area contributed by atoms with Crippen LogP contribution in [0.1, 0.15) is 24.1 Å². The van der Waals surface area contributed by atoms with Crippen LogP contribution in [0.4, 0.5) is 0 Å². The lowest BCUT2D eigenvalue weighted by atomic mass is 9.96. The number of aromatic nitrogens is 1. The molecule has 1 saturated heterocycles. The summed E-state index contributed by atoms with van der Waals surface area (Å²) in [7, 11) is 0. The molecule has 1 aliphatic heterocycles. The number of para-hydroxylation sites is 1. The Kier molecular flexibility index (Phi) is 4.45. The lowest BCUT2D eigenvalue weighted by Gasteiger charge is -2.31. The zero-order valence-corrected chi connectivity index (χ0v) is 13.6. The maximum atomic E-state index is 12.2. The summed E-state index contributed by atoms with van der Waals surface area (Å²) in [6, 6.07) is 8.03. The zero-order valence-electron chi connectivity index (χ0n) is 12.8. The highest BCUT2D eigenvalue weighted by atomic mass is 32.2. The molecule has 1 fully saturated rings. The van der Waals surface area contributed by atoms with E-state index in [2.05, 4.69) is 10.3 Å². The second-order valence-electron chi connectivity index (χ2n) is 6.06. The molecule has 4 nitrogen and oxygen atoms in total. The van der Waals surface area contributed by atoms with E-state index in [1.54, 1.807) is 0 Å². The number of thioether (sulfide) groups is 1. The fourth-order valence-electron chi connectivity index (χ4n) is 2.98. The van der Waals surface area contributed by atoms with E-state index in [1.807, 2.05) is 43.0 Å². The normalized spacial score (nSPS) is 17.5. The first-order valence-electron chi connectivity index (χ1n) is 7.70. The minimum Gasteiger partial charge on any atom is -0.388 e. The monoisotopic (exact) mass is 318 g/mol. The third-order valence-corrected chi connectivity index (χ3v) is 5.39. The highest BCUT2D eigenvalue weighted by Gasteiger charge is 2.29. The lowest BCUT2D eigenvalue weighted by molar-refractivity contribution is -0.121. The van der Waals surface area contributed by atoms with Gasteiger partial charge >= 0.3 is 0 Å². The molecule has 1 aliphatic rings. The molecule has 0 bridgehead atoms. The first kappa shape index (κ1) is 15.4. The number of aryl methyl sites for hydroxylation is 1. The van der Waals surface area contributed by atoms with Crippen LogP contribution < -0.4 is 5.32 Å². The van der Waals surface area contributed by atoms with Crippen molar-refractivity contribution in [3.63, 3.8) is 0 Å². The van der Waals surface area contributed by atoms with Gasteiger partial charge in [0.15, 0.2) is 0 Å². The molecule has 1 amide bonds. The number of hydrogen-bond donors (Lipinski definition) is 3. The van der Waals surface area contributed by atoms with Gasteiger partial charge in [-0.1, -0.05) is 18.2 Å². The highest BCUT2D eigenvalue weighted by Crippen LogP contribution is 2.26. The van der Waals surface area contributed by atoms with Gasteiger partial charge in [-0.05, 0) is 42.9 Å². The number of hydrogen-bond acceptors (Lipinski definition) is 3. The van der Waals surface area contributed by atoms with Crippen LogP contribution in [0.3, 0.4) is 0 Å². The maximum absolute atomic E-state index is 12.2. The van der Waals surface area contributed by atoms with Crippen molar-refractivity contribution in [1.29, 1.82) is 0 Å². The predicted molar refractivity (Wildman–Crippen MR) is 91.3 cm³/mol. The first-order valence-corrected chi connectivity index (χ1v) is 8.86. The molecule has 1 aromatic heterocycles. The number of amides is 1. The first-order chi connectivity index (χ1) is 10.6. The van der Waals surface area contributed by atoms with Crippen LogP contribution in [0.2, 0.25) is 0 Å². The SMILES string of the molecule is Cc1[nH]c2ccccc2c1CC(=O)NCC1(O)CCSCC1. The predicted octanol–water partition coefficient (Wildman–Crippen LogP) is 2.39. The average molecular weight is 318 g/mol. The largest absolute Gasteiger partial charge is 0.388 e. The highest BCUT2D eigenvalue weighted by molar-refractivity contribution is 7.99. The Labute approximate surface area is 134 Å². The minimum atomic E-state index is -0.726. The number of nitrogens with one attached hydrogen (secondary N) is 2. The molecular formula is C17H22N2O2S. The Bertz CT molecular complexity index is 674. The standard InChI is InChI=1S/C17H22N2O2S/c1-12-14(13-4-2-3-5-15(13)19-12)10-16(20)18-11-17(21)6-8-22-9-7-17/h2-5,19,21H,6-11H2,1H3,(H,18,20). The third-order valence-electron chi connectivity index (χ3n) is 4.40. The molecule has 0 saturated carbocycles. The van der Waals surface area contributed by atoms with Crippen molar-refractivity contribution < 1.29 is 9.90 Å². The van der Waals surface area contributed by atoms with Crippen molar-refractivity contribution in [2.75, 3.05) is 18.1 Å². The van der Waals surface area contributed by atoms with E-state index in [-0.39, 0.29) is 5.91 Å². The number of aliphatic hydroxyl groups is 1. The van der Waals surface area contributed by atoms with Crippen LogP contribution in [0, 0.1) is 6.92 Å². The number of rotatable bonds is 4. The molecule has 1 aromatic carbocycles. The van der Waals surface area contributed by atoms with Crippen molar-refractivity contribution in [3.05, 3.63) is 35.5 Å². The zero-order chi connectivity index (χ0) is 15.6. The fourth-order valence-corrected chi connectivity index (χ4v) is 4.23. The Balaban J connectivity index is 1.65. The second-order valence-corrected chi connectivity index (χ2v) is 7.29. The summed E-state index contributed by atoms with van der Waals surface area (Å²) < 4.78 is 0. The van der Waals surface area contributed by atoms with Gasteiger partial charge in [0.05, 0.1) is 12.0 Å². The molecular weight excluding hydrogens is 296 g/mol. The smallest absolute Gasteiger partial charge is 0.224 e. The average Bonchev–Trinajstić information content (AvgIpc) is 2.82. The Morgan fingerprint density at radius 1 is 1.36 bits per heavy atom. The molecule has 118 valence electrons. The quantitative estimate of drug-likeness (QED) is 0.811. The molecule has 0 radical (unpaired) electrons. The topological polar surface area (TPSA) is 65.1 Å². The van der Waals surface area contributed by atoms with Crippen molar-refractivity contribution in [3.8, 4) is 0 Å². The maximum Gasteiger partial charge on any atom is 0.224 e. The summed E-state index contributed by atoms with van der Waals surface area (Å²) in [5, 5.41) is 14.4. The summed E-state index contributed by atoms with van der Waals surface area (Å²) in [5.74, 6) is 1.90. The summed E-state index contributed by atoms with van der Waals surface area (Å²) in [4.78, 5) is 15.6. The molecule has 2 heterocycles. The molecule has 3 rings (SSSR count). The van der Waals surface area contributed by atoms with Crippen LogP contribution in [0.15, 0.2) is 24.3 Å². The molecule has 2 aromatic rings. The van der Waals surface area contributed by atoms with Crippen LogP contribution in [0.25, 0.3) is 10.9 Å². The number of carbonyl (C=O) groups is 1. The van der Waals surface area contributed by atoms with Gasteiger partial charge in [0, 0.05) is 23.1 Å². The van der Waals surface area contributed by atoms with Gasteiger partial charge in [-0.25, -0.2) is 0 Å².